The standard InChI is InChI=1S/C23H18ClN3O2/c1-15-7-5-6-10-19(15)21(28)25-20(16-11-13-18(24)14-12-16)23-27-26-22(29-23)17-8-3-2-4-9-17/h2-14,20H,1H3,(H,25,28)/t20-/m0/s1. The van der Waals surface area contributed by atoms with Crippen LogP contribution in [0.4, 0.5) is 0 Å². The van der Waals surface area contributed by atoms with Gasteiger partial charge in [-0.05, 0) is 48.4 Å². The first-order valence-corrected chi connectivity index (χ1v) is 9.50. The number of nitrogens with one attached hydrogen (secondary N) is 1. The highest BCUT2D eigenvalue weighted by molar-refractivity contribution is 6.30. The summed E-state index contributed by atoms with van der Waals surface area (Å²) in [6, 6.07) is 23.5. The molecule has 0 saturated carbocycles. The summed E-state index contributed by atoms with van der Waals surface area (Å²) in [4.78, 5) is 12.9. The fourth-order valence-corrected chi connectivity index (χ4v) is 3.15. The second-order valence-electron chi connectivity index (χ2n) is 6.58. The molecule has 1 heterocycles. The molecule has 0 unspecified atom stereocenters. The quantitative estimate of drug-likeness (QED) is 0.496. The highest BCUT2D eigenvalue weighted by Crippen LogP contribution is 2.26. The smallest absolute Gasteiger partial charge is 0.252 e. The molecule has 6 heteroatoms. The molecule has 0 bridgehead atoms. The minimum atomic E-state index is -0.607. The number of aromatic nitrogens is 2. The van der Waals surface area contributed by atoms with Crippen molar-refractivity contribution in [2.75, 3.05) is 0 Å². The van der Waals surface area contributed by atoms with Crippen molar-refractivity contribution in [2.24, 2.45) is 0 Å². The second-order valence-corrected chi connectivity index (χ2v) is 7.02. The summed E-state index contributed by atoms with van der Waals surface area (Å²) >= 11 is 6.03. The van der Waals surface area contributed by atoms with E-state index in [2.05, 4.69) is 15.5 Å². The van der Waals surface area contributed by atoms with E-state index in [1.165, 1.54) is 0 Å². The van der Waals surface area contributed by atoms with Gasteiger partial charge in [-0.25, -0.2) is 0 Å². The van der Waals surface area contributed by atoms with E-state index in [0.717, 1.165) is 16.7 Å². The number of nitrogens with zero attached hydrogens (tertiary/aromatic N) is 2. The van der Waals surface area contributed by atoms with Gasteiger partial charge < -0.3 is 9.73 Å². The molecule has 0 aliphatic heterocycles. The Kier molecular flexibility index (Phi) is 5.40. The van der Waals surface area contributed by atoms with E-state index in [1.807, 2.05) is 67.6 Å². The molecular formula is C23H18ClN3O2. The van der Waals surface area contributed by atoms with Gasteiger partial charge in [0.15, 0.2) is 0 Å². The highest BCUT2D eigenvalue weighted by Gasteiger charge is 2.24. The molecule has 1 aromatic heterocycles. The molecule has 144 valence electrons. The summed E-state index contributed by atoms with van der Waals surface area (Å²) in [5, 5.41) is 12.0. The lowest BCUT2D eigenvalue weighted by Crippen LogP contribution is -2.30. The Hall–Kier alpha value is -3.44. The van der Waals surface area contributed by atoms with Crippen LogP contribution in [0.3, 0.4) is 0 Å². The summed E-state index contributed by atoms with van der Waals surface area (Å²) in [6.45, 7) is 1.90. The minimum absolute atomic E-state index is 0.220. The molecule has 3 aromatic carbocycles. The van der Waals surface area contributed by atoms with E-state index in [0.29, 0.717) is 22.4 Å². The lowest BCUT2D eigenvalue weighted by Gasteiger charge is -2.16. The Labute approximate surface area is 173 Å². The first-order chi connectivity index (χ1) is 14.1. The Morgan fingerprint density at radius 1 is 0.931 bits per heavy atom. The monoisotopic (exact) mass is 403 g/mol. The lowest BCUT2D eigenvalue weighted by molar-refractivity contribution is 0.0937. The number of benzene rings is 3. The van der Waals surface area contributed by atoms with Crippen molar-refractivity contribution in [1.29, 1.82) is 0 Å². The van der Waals surface area contributed by atoms with Crippen LogP contribution in [0.5, 0.6) is 0 Å². The maximum Gasteiger partial charge on any atom is 0.252 e. The van der Waals surface area contributed by atoms with E-state index < -0.39 is 6.04 Å². The van der Waals surface area contributed by atoms with Gasteiger partial charge in [-0.2, -0.15) is 0 Å². The van der Waals surface area contributed by atoms with Crippen molar-refractivity contribution in [3.05, 3.63) is 106 Å². The van der Waals surface area contributed by atoms with Crippen molar-refractivity contribution in [1.82, 2.24) is 15.5 Å². The largest absolute Gasteiger partial charge is 0.418 e. The number of carbonyl (C=O) groups is 1. The molecule has 0 saturated heterocycles. The zero-order valence-electron chi connectivity index (χ0n) is 15.7. The SMILES string of the molecule is Cc1ccccc1C(=O)N[C@@H](c1ccc(Cl)cc1)c1nnc(-c2ccccc2)o1. The van der Waals surface area contributed by atoms with Gasteiger partial charge in [-0.3, -0.25) is 4.79 Å². The number of hydrogen-bond donors (Lipinski definition) is 1. The van der Waals surface area contributed by atoms with Gasteiger partial charge in [0.2, 0.25) is 11.8 Å². The minimum Gasteiger partial charge on any atom is -0.418 e. The van der Waals surface area contributed by atoms with Crippen molar-refractivity contribution in [3.8, 4) is 11.5 Å². The number of carbonyl (C=O) groups excluding carboxylic acids is 1. The second kappa shape index (κ2) is 8.29. The van der Waals surface area contributed by atoms with Crippen LogP contribution < -0.4 is 5.32 Å². The number of amides is 1. The van der Waals surface area contributed by atoms with Gasteiger partial charge in [0.05, 0.1) is 0 Å². The van der Waals surface area contributed by atoms with Gasteiger partial charge in [-0.1, -0.05) is 60.1 Å². The van der Waals surface area contributed by atoms with Crippen molar-refractivity contribution >= 4 is 17.5 Å². The van der Waals surface area contributed by atoms with Gasteiger partial charge >= 0.3 is 0 Å². The molecule has 1 amide bonds. The number of aryl methyl sites for hydroxylation is 1. The lowest BCUT2D eigenvalue weighted by atomic mass is 10.0. The highest BCUT2D eigenvalue weighted by atomic mass is 35.5. The maximum atomic E-state index is 12.9. The van der Waals surface area contributed by atoms with Crippen molar-refractivity contribution < 1.29 is 9.21 Å². The third-order valence-electron chi connectivity index (χ3n) is 4.58. The van der Waals surface area contributed by atoms with Gasteiger partial charge in [0.25, 0.3) is 5.91 Å². The molecule has 0 radical (unpaired) electrons. The van der Waals surface area contributed by atoms with E-state index in [4.69, 9.17) is 16.0 Å². The molecule has 29 heavy (non-hydrogen) atoms. The van der Waals surface area contributed by atoms with Gasteiger partial charge in [0, 0.05) is 16.1 Å². The van der Waals surface area contributed by atoms with Crippen LogP contribution in [-0.4, -0.2) is 16.1 Å². The van der Waals surface area contributed by atoms with E-state index in [1.54, 1.807) is 18.2 Å². The van der Waals surface area contributed by atoms with Crippen LogP contribution in [0.1, 0.15) is 33.4 Å². The molecule has 0 aliphatic carbocycles. The van der Waals surface area contributed by atoms with Gasteiger partial charge in [0.1, 0.15) is 6.04 Å². The average molecular weight is 404 g/mol. The normalized spacial score (nSPS) is 11.8. The fourth-order valence-electron chi connectivity index (χ4n) is 3.03. The summed E-state index contributed by atoms with van der Waals surface area (Å²) < 4.78 is 5.91. The van der Waals surface area contributed by atoms with Crippen LogP contribution in [-0.2, 0) is 0 Å². The number of rotatable bonds is 5. The van der Waals surface area contributed by atoms with Crippen molar-refractivity contribution in [2.45, 2.75) is 13.0 Å². The number of halogens is 1. The van der Waals surface area contributed by atoms with Crippen LogP contribution in [0.2, 0.25) is 5.02 Å². The zero-order chi connectivity index (χ0) is 20.2. The predicted octanol–water partition coefficient (Wildman–Crippen LogP) is 5.22. The molecule has 1 N–H and O–H groups in total. The van der Waals surface area contributed by atoms with Crippen LogP contribution in [0.15, 0.2) is 83.3 Å². The maximum absolute atomic E-state index is 12.9. The molecule has 0 fully saturated rings. The summed E-state index contributed by atoms with van der Waals surface area (Å²) in [5.41, 5.74) is 3.08. The Balaban J connectivity index is 1.70. The van der Waals surface area contributed by atoms with E-state index >= 15 is 0 Å². The molecule has 4 aromatic rings. The first-order valence-electron chi connectivity index (χ1n) is 9.12. The Morgan fingerprint density at radius 2 is 1.62 bits per heavy atom. The van der Waals surface area contributed by atoms with E-state index in [9.17, 15) is 4.79 Å². The Bertz CT molecular complexity index is 1120. The molecule has 5 nitrogen and oxygen atoms in total. The summed E-state index contributed by atoms with van der Waals surface area (Å²) in [6.07, 6.45) is 0. The van der Waals surface area contributed by atoms with Crippen LogP contribution in [0, 0.1) is 6.92 Å². The molecule has 1 atom stereocenters. The van der Waals surface area contributed by atoms with Crippen LogP contribution >= 0.6 is 11.6 Å². The fraction of sp³-hybridized carbons (Fsp3) is 0.0870. The third-order valence-corrected chi connectivity index (χ3v) is 4.83. The Morgan fingerprint density at radius 3 is 2.34 bits per heavy atom. The predicted molar refractivity (Wildman–Crippen MR) is 112 cm³/mol. The molecular weight excluding hydrogens is 386 g/mol. The molecule has 0 aliphatic rings. The molecule has 4 rings (SSSR count). The zero-order valence-corrected chi connectivity index (χ0v) is 16.4. The average Bonchev–Trinajstić information content (AvgIpc) is 3.23. The third kappa shape index (κ3) is 4.20. The topological polar surface area (TPSA) is 68.0 Å². The van der Waals surface area contributed by atoms with Gasteiger partial charge in [-0.15, -0.1) is 10.2 Å². The molecule has 0 spiro atoms. The summed E-state index contributed by atoms with van der Waals surface area (Å²) in [5.74, 6) is 0.473. The van der Waals surface area contributed by atoms with Crippen LogP contribution in [0.25, 0.3) is 11.5 Å². The van der Waals surface area contributed by atoms with E-state index in [-0.39, 0.29) is 5.91 Å². The summed E-state index contributed by atoms with van der Waals surface area (Å²) in [7, 11) is 0. The van der Waals surface area contributed by atoms with Crippen molar-refractivity contribution in [3.63, 3.8) is 0 Å². The number of hydrogen-bond acceptors (Lipinski definition) is 4. The first kappa shape index (κ1) is 18.9.